The summed E-state index contributed by atoms with van der Waals surface area (Å²) in [5.41, 5.74) is 0. The first-order valence-corrected chi connectivity index (χ1v) is 9.19. The normalized spacial score (nSPS) is 21.3. The van der Waals surface area contributed by atoms with Crippen molar-refractivity contribution in [3.63, 3.8) is 0 Å². The zero-order valence-corrected chi connectivity index (χ0v) is 14.3. The monoisotopic (exact) mass is 340 g/mol. The molecule has 2 aliphatic rings. The lowest BCUT2D eigenvalue weighted by Gasteiger charge is -2.20. The van der Waals surface area contributed by atoms with Crippen LogP contribution in [0.1, 0.15) is 45.4 Å². The first kappa shape index (κ1) is 17.8. The van der Waals surface area contributed by atoms with Crippen molar-refractivity contribution in [2.24, 2.45) is 0 Å². The molecule has 2 rings (SSSR count). The number of hydrogen-bond acceptors (Lipinski definition) is 5. The van der Waals surface area contributed by atoms with E-state index in [4.69, 9.17) is 4.74 Å². The molecule has 7 heteroatoms. The van der Waals surface area contributed by atoms with Crippen LogP contribution in [-0.4, -0.2) is 47.6 Å². The zero-order valence-electron chi connectivity index (χ0n) is 13.5. The molecule has 1 saturated heterocycles. The van der Waals surface area contributed by atoms with Gasteiger partial charge in [-0.1, -0.05) is 37.4 Å². The van der Waals surface area contributed by atoms with Gasteiger partial charge in [0.05, 0.1) is 23.5 Å². The highest BCUT2D eigenvalue weighted by molar-refractivity contribution is 8.04. The van der Waals surface area contributed by atoms with Crippen molar-refractivity contribution in [2.45, 2.75) is 51.5 Å². The molecule has 0 spiro atoms. The molecule has 0 unspecified atom stereocenters. The van der Waals surface area contributed by atoms with Gasteiger partial charge in [0.1, 0.15) is 6.54 Å². The largest absolute Gasteiger partial charge is 0.463 e. The quantitative estimate of drug-likeness (QED) is 0.469. The van der Waals surface area contributed by atoms with E-state index in [-0.39, 0.29) is 36.8 Å². The topological polar surface area (TPSA) is 75.7 Å². The van der Waals surface area contributed by atoms with Gasteiger partial charge in [0.2, 0.25) is 11.8 Å². The molecule has 23 heavy (non-hydrogen) atoms. The predicted molar refractivity (Wildman–Crippen MR) is 88.5 cm³/mol. The number of nitrogens with one attached hydrogen (secondary N) is 1. The lowest BCUT2D eigenvalue weighted by molar-refractivity contribution is -0.137. The Morgan fingerprint density at radius 2 is 2.00 bits per heavy atom. The van der Waals surface area contributed by atoms with E-state index in [1.54, 1.807) is 6.92 Å². The van der Waals surface area contributed by atoms with Crippen LogP contribution >= 0.6 is 11.8 Å². The molecule has 0 aromatic heterocycles. The molecule has 0 atom stereocenters. The number of nitrogens with zero attached hydrogens (tertiary/aromatic N) is 1. The molecule has 1 aliphatic carbocycles. The summed E-state index contributed by atoms with van der Waals surface area (Å²) in [5.74, 6) is -0.551. The van der Waals surface area contributed by atoms with E-state index in [0.29, 0.717) is 5.03 Å². The van der Waals surface area contributed by atoms with Gasteiger partial charge in [0.15, 0.2) is 0 Å². The summed E-state index contributed by atoms with van der Waals surface area (Å²) < 4.78 is 4.86. The summed E-state index contributed by atoms with van der Waals surface area (Å²) >= 11 is 1.26. The minimum absolute atomic E-state index is 0.0342. The summed E-state index contributed by atoms with van der Waals surface area (Å²) in [6.07, 6.45) is 8.01. The number of hydrogen-bond donors (Lipinski definition) is 1. The van der Waals surface area contributed by atoms with Crippen molar-refractivity contribution in [3.8, 4) is 0 Å². The SMILES string of the molecule is CCOC(=O)/C=C1\SCC(=O)N1CC(=O)NC1CCCCCC1. The Morgan fingerprint density at radius 3 is 2.65 bits per heavy atom. The molecule has 128 valence electrons. The third-order valence-corrected chi connectivity index (χ3v) is 4.99. The van der Waals surface area contributed by atoms with Gasteiger partial charge in [-0.25, -0.2) is 4.79 Å². The van der Waals surface area contributed by atoms with Gasteiger partial charge in [-0.05, 0) is 19.8 Å². The molecule has 2 amide bonds. The van der Waals surface area contributed by atoms with Crippen LogP contribution in [0.5, 0.6) is 0 Å². The van der Waals surface area contributed by atoms with Gasteiger partial charge in [-0.15, -0.1) is 0 Å². The van der Waals surface area contributed by atoms with Crippen LogP contribution in [0.25, 0.3) is 0 Å². The van der Waals surface area contributed by atoms with Crippen molar-refractivity contribution < 1.29 is 19.1 Å². The minimum atomic E-state index is -0.487. The van der Waals surface area contributed by atoms with E-state index in [1.165, 1.54) is 35.6 Å². The van der Waals surface area contributed by atoms with Crippen molar-refractivity contribution in [1.29, 1.82) is 0 Å². The Labute approximate surface area is 141 Å². The van der Waals surface area contributed by atoms with Gasteiger partial charge in [-0.3, -0.25) is 14.5 Å². The smallest absolute Gasteiger partial charge is 0.333 e. The lowest BCUT2D eigenvalue weighted by Crippen LogP contribution is -2.42. The van der Waals surface area contributed by atoms with E-state index in [9.17, 15) is 14.4 Å². The molecule has 0 bridgehead atoms. The summed E-state index contributed by atoms with van der Waals surface area (Å²) in [4.78, 5) is 37.1. The van der Waals surface area contributed by atoms with Crippen LogP contribution < -0.4 is 5.32 Å². The van der Waals surface area contributed by atoms with Crippen LogP contribution in [0.2, 0.25) is 0 Å². The number of carbonyl (C=O) groups excluding carboxylic acids is 3. The molecular weight excluding hydrogens is 316 g/mol. The second-order valence-corrected chi connectivity index (χ2v) is 6.75. The fourth-order valence-corrected chi connectivity index (χ4v) is 3.75. The van der Waals surface area contributed by atoms with E-state index < -0.39 is 5.97 Å². The molecule has 1 saturated carbocycles. The number of amides is 2. The van der Waals surface area contributed by atoms with Crippen LogP contribution in [-0.2, 0) is 19.1 Å². The van der Waals surface area contributed by atoms with Crippen molar-refractivity contribution >= 4 is 29.5 Å². The molecule has 1 aliphatic heterocycles. The highest BCUT2D eigenvalue weighted by Crippen LogP contribution is 2.28. The first-order chi connectivity index (χ1) is 11.1. The summed E-state index contributed by atoms with van der Waals surface area (Å²) in [7, 11) is 0. The maximum Gasteiger partial charge on any atom is 0.333 e. The Bertz CT molecular complexity index is 484. The zero-order chi connectivity index (χ0) is 16.7. The van der Waals surface area contributed by atoms with Crippen LogP contribution in [0.15, 0.2) is 11.1 Å². The van der Waals surface area contributed by atoms with E-state index in [2.05, 4.69) is 5.32 Å². The second-order valence-electron chi connectivity index (χ2n) is 5.76. The van der Waals surface area contributed by atoms with Crippen molar-refractivity contribution in [3.05, 3.63) is 11.1 Å². The van der Waals surface area contributed by atoms with Gasteiger partial charge in [0.25, 0.3) is 0 Å². The highest BCUT2D eigenvalue weighted by Gasteiger charge is 2.29. The fraction of sp³-hybridized carbons (Fsp3) is 0.688. The standard InChI is InChI=1S/C16H24N2O4S/c1-2-22-16(21)9-15-18(14(20)11-23-15)10-13(19)17-12-7-5-3-4-6-8-12/h9,12H,2-8,10-11H2,1H3,(H,17,19)/b15-9-. The van der Waals surface area contributed by atoms with E-state index in [1.807, 2.05) is 0 Å². The second kappa shape index (κ2) is 8.96. The van der Waals surface area contributed by atoms with Crippen LogP contribution in [0.3, 0.4) is 0 Å². The van der Waals surface area contributed by atoms with Gasteiger partial charge < -0.3 is 10.1 Å². The van der Waals surface area contributed by atoms with Crippen molar-refractivity contribution in [1.82, 2.24) is 10.2 Å². The fourth-order valence-electron chi connectivity index (χ4n) is 2.83. The maximum absolute atomic E-state index is 12.2. The predicted octanol–water partition coefficient (Wildman–Crippen LogP) is 1.81. The molecule has 1 N–H and O–H groups in total. The number of esters is 1. The number of ether oxygens (including phenoxy) is 1. The average Bonchev–Trinajstić information content (AvgIpc) is 2.71. The Kier molecular flexibility index (Phi) is 6.95. The van der Waals surface area contributed by atoms with Gasteiger partial charge in [0, 0.05) is 6.04 Å². The summed E-state index contributed by atoms with van der Waals surface area (Å²) in [6, 6.07) is 0.202. The third kappa shape index (κ3) is 5.57. The average molecular weight is 340 g/mol. The number of thioether (sulfide) groups is 1. The Hall–Kier alpha value is -1.50. The van der Waals surface area contributed by atoms with Gasteiger partial charge >= 0.3 is 5.97 Å². The highest BCUT2D eigenvalue weighted by atomic mass is 32.2. The summed E-state index contributed by atoms with van der Waals surface area (Å²) in [5, 5.41) is 3.51. The Morgan fingerprint density at radius 1 is 1.30 bits per heavy atom. The maximum atomic E-state index is 12.2. The molecule has 2 fully saturated rings. The molecule has 0 aromatic rings. The minimum Gasteiger partial charge on any atom is -0.463 e. The molecular formula is C16H24N2O4S. The number of carbonyl (C=O) groups is 3. The third-order valence-electron chi connectivity index (χ3n) is 3.96. The van der Waals surface area contributed by atoms with Crippen LogP contribution in [0, 0.1) is 0 Å². The number of rotatable bonds is 5. The summed E-state index contributed by atoms with van der Waals surface area (Å²) in [6.45, 7) is 1.97. The van der Waals surface area contributed by atoms with Gasteiger partial charge in [-0.2, -0.15) is 0 Å². The van der Waals surface area contributed by atoms with E-state index in [0.717, 1.165) is 25.7 Å². The van der Waals surface area contributed by atoms with Crippen molar-refractivity contribution in [2.75, 3.05) is 18.9 Å². The molecule has 0 radical (unpaired) electrons. The lowest BCUT2D eigenvalue weighted by atomic mass is 10.1. The van der Waals surface area contributed by atoms with Crippen LogP contribution in [0.4, 0.5) is 0 Å². The van der Waals surface area contributed by atoms with E-state index >= 15 is 0 Å². The Balaban J connectivity index is 1.91. The first-order valence-electron chi connectivity index (χ1n) is 8.21. The molecule has 1 heterocycles. The molecule has 6 nitrogen and oxygen atoms in total. The molecule has 0 aromatic carbocycles.